The minimum absolute atomic E-state index is 0.0201. The van der Waals surface area contributed by atoms with E-state index in [0.29, 0.717) is 11.3 Å². The van der Waals surface area contributed by atoms with E-state index in [1.807, 2.05) is 0 Å². The largest absolute Gasteiger partial charge is 0.508 e. The standard InChI is InChI=1S/C16H14O5S/c1-22(19,20)12-5-2-10(3-6-12)16-9-14(18)13-8-11(17)4-7-15(13)21-16/h2-8,16-17H,9H2,1H3. The fourth-order valence-electron chi connectivity index (χ4n) is 2.43. The van der Waals surface area contributed by atoms with Crippen LogP contribution in [0.2, 0.25) is 0 Å². The molecule has 0 spiro atoms. The molecule has 114 valence electrons. The highest BCUT2D eigenvalue weighted by Crippen LogP contribution is 2.36. The molecule has 1 aliphatic heterocycles. The van der Waals surface area contributed by atoms with Gasteiger partial charge in [0.25, 0.3) is 0 Å². The molecule has 0 saturated heterocycles. The quantitative estimate of drug-likeness (QED) is 0.920. The van der Waals surface area contributed by atoms with Crippen molar-refractivity contribution in [2.75, 3.05) is 6.26 Å². The molecule has 1 unspecified atom stereocenters. The predicted octanol–water partition coefficient (Wildman–Crippen LogP) is 2.50. The molecule has 3 rings (SSSR count). The summed E-state index contributed by atoms with van der Waals surface area (Å²) in [5, 5.41) is 9.43. The van der Waals surface area contributed by atoms with E-state index in [2.05, 4.69) is 0 Å². The number of benzene rings is 2. The molecular weight excluding hydrogens is 304 g/mol. The summed E-state index contributed by atoms with van der Waals surface area (Å²) in [5.41, 5.74) is 1.10. The summed E-state index contributed by atoms with van der Waals surface area (Å²) in [7, 11) is -3.25. The summed E-state index contributed by atoms with van der Waals surface area (Å²) in [6.45, 7) is 0. The van der Waals surface area contributed by atoms with Gasteiger partial charge in [0.05, 0.1) is 16.9 Å². The number of aromatic hydroxyl groups is 1. The van der Waals surface area contributed by atoms with E-state index in [0.717, 1.165) is 11.8 Å². The van der Waals surface area contributed by atoms with Crippen LogP contribution in [-0.2, 0) is 9.84 Å². The van der Waals surface area contributed by atoms with Crippen molar-refractivity contribution in [3.63, 3.8) is 0 Å². The summed E-state index contributed by atoms with van der Waals surface area (Å²) in [6, 6.07) is 10.7. The third-order valence-corrected chi connectivity index (χ3v) is 4.71. The van der Waals surface area contributed by atoms with Crippen molar-refractivity contribution >= 4 is 15.6 Å². The smallest absolute Gasteiger partial charge is 0.175 e. The highest BCUT2D eigenvalue weighted by Gasteiger charge is 2.28. The molecule has 22 heavy (non-hydrogen) atoms. The topological polar surface area (TPSA) is 80.7 Å². The monoisotopic (exact) mass is 318 g/mol. The Kier molecular flexibility index (Phi) is 3.41. The molecule has 0 bridgehead atoms. The van der Waals surface area contributed by atoms with Gasteiger partial charge in [0.2, 0.25) is 0 Å². The lowest BCUT2D eigenvalue weighted by molar-refractivity contribution is 0.0849. The van der Waals surface area contributed by atoms with Gasteiger partial charge in [-0.25, -0.2) is 8.42 Å². The number of phenols is 1. The first kappa shape index (κ1) is 14.6. The zero-order chi connectivity index (χ0) is 15.9. The fraction of sp³-hybridized carbons (Fsp3) is 0.188. The summed E-state index contributed by atoms with van der Waals surface area (Å²) >= 11 is 0. The summed E-state index contributed by atoms with van der Waals surface area (Å²) in [6.07, 6.45) is 0.832. The number of rotatable bonds is 2. The Morgan fingerprint density at radius 2 is 1.82 bits per heavy atom. The van der Waals surface area contributed by atoms with Gasteiger partial charge in [-0.1, -0.05) is 12.1 Å². The second-order valence-corrected chi connectivity index (χ2v) is 7.27. The summed E-state index contributed by atoms with van der Waals surface area (Å²) < 4.78 is 28.7. The number of hydrogen-bond acceptors (Lipinski definition) is 5. The average molecular weight is 318 g/mol. The molecule has 1 aliphatic rings. The van der Waals surface area contributed by atoms with E-state index in [4.69, 9.17) is 4.74 Å². The lowest BCUT2D eigenvalue weighted by Crippen LogP contribution is -2.20. The Morgan fingerprint density at radius 3 is 2.45 bits per heavy atom. The number of hydrogen-bond donors (Lipinski definition) is 1. The van der Waals surface area contributed by atoms with Crippen molar-refractivity contribution in [3.8, 4) is 11.5 Å². The van der Waals surface area contributed by atoms with Crippen LogP contribution in [0.5, 0.6) is 11.5 Å². The van der Waals surface area contributed by atoms with Gasteiger partial charge in [0.15, 0.2) is 15.6 Å². The van der Waals surface area contributed by atoms with Gasteiger partial charge in [-0.15, -0.1) is 0 Å². The van der Waals surface area contributed by atoms with E-state index in [1.165, 1.54) is 24.3 Å². The maximum Gasteiger partial charge on any atom is 0.175 e. The first-order valence-corrected chi connectivity index (χ1v) is 8.56. The lowest BCUT2D eigenvalue weighted by atomic mass is 9.96. The van der Waals surface area contributed by atoms with Gasteiger partial charge >= 0.3 is 0 Å². The Hall–Kier alpha value is -2.34. The van der Waals surface area contributed by atoms with Gasteiger partial charge in [0.1, 0.15) is 17.6 Å². The molecule has 2 aromatic carbocycles. The molecule has 0 amide bonds. The first-order chi connectivity index (χ1) is 10.3. The van der Waals surface area contributed by atoms with Crippen LogP contribution in [-0.4, -0.2) is 25.6 Å². The minimum atomic E-state index is -3.25. The molecule has 2 aromatic rings. The summed E-state index contributed by atoms with van der Waals surface area (Å²) in [5.74, 6) is 0.326. The highest BCUT2D eigenvalue weighted by molar-refractivity contribution is 7.90. The van der Waals surface area contributed by atoms with Crippen molar-refractivity contribution < 1.29 is 23.1 Å². The Bertz CT molecular complexity index is 837. The maximum atomic E-state index is 12.2. The maximum absolute atomic E-state index is 12.2. The number of carbonyl (C=O) groups excluding carboxylic acids is 1. The molecule has 0 radical (unpaired) electrons. The third-order valence-electron chi connectivity index (χ3n) is 3.58. The second kappa shape index (κ2) is 5.14. The normalized spacial score (nSPS) is 17.7. The molecule has 0 fully saturated rings. The molecule has 0 aromatic heterocycles. The van der Waals surface area contributed by atoms with E-state index in [-0.39, 0.29) is 22.8 Å². The van der Waals surface area contributed by atoms with Gasteiger partial charge < -0.3 is 9.84 Å². The zero-order valence-electron chi connectivity index (χ0n) is 11.8. The van der Waals surface area contributed by atoms with Crippen LogP contribution in [0.4, 0.5) is 0 Å². The fourth-order valence-corrected chi connectivity index (χ4v) is 3.06. The van der Waals surface area contributed by atoms with Crippen LogP contribution in [0.3, 0.4) is 0 Å². The van der Waals surface area contributed by atoms with Gasteiger partial charge in [-0.2, -0.15) is 0 Å². The Morgan fingerprint density at radius 1 is 1.14 bits per heavy atom. The number of sulfone groups is 1. The molecule has 0 saturated carbocycles. The van der Waals surface area contributed by atoms with Crippen molar-refractivity contribution in [2.45, 2.75) is 17.4 Å². The van der Waals surface area contributed by atoms with Crippen LogP contribution in [0, 0.1) is 0 Å². The van der Waals surface area contributed by atoms with Crippen LogP contribution >= 0.6 is 0 Å². The molecule has 1 N–H and O–H groups in total. The molecule has 1 heterocycles. The number of Topliss-reactive ketones (excluding diaryl/α,β-unsaturated/α-hetero) is 1. The first-order valence-electron chi connectivity index (χ1n) is 6.67. The number of fused-ring (bicyclic) bond motifs is 1. The van der Waals surface area contributed by atoms with E-state index in [9.17, 15) is 18.3 Å². The van der Waals surface area contributed by atoms with E-state index in [1.54, 1.807) is 18.2 Å². The molecule has 1 atom stereocenters. The van der Waals surface area contributed by atoms with Crippen LogP contribution in [0.25, 0.3) is 0 Å². The van der Waals surface area contributed by atoms with Crippen molar-refractivity contribution in [3.05, 3.63) is 53.6 Å². The average Bonchev–Trinajstić information content (AvgIpc) is 2.47. The van der Waals surface area contributed by atoms with Crippen molar-refractivity contribution in [2.24, 2.45) is 0 Å². The number of ketones is 1. The summed E-state index contributed by atoms with van der Waals surface area (Å²) in [4.78, 5) is 12.4. The lowest BCUT2D eigenvalue weighted by Gasteiger charge is -2.25. The second-order valence-electron chi connectivity index (χ2n) is 5.26. The van der Waals surface area contributed by atoms with Crippen LogP contribution in [0.15, 0.2) is 47.4 Å². The highest BCUT2D eigenvalue weighted by atomic mass is 32.2. The number of phenolic OH excluding ortho intramolecular Hbond substituents is 1. The van der Waals surface area contributed by atoms with Crippen LogP contribution < -0.4 is 4.74 Å². The minimum Gasteiger partial charge on any atom is -0.508 e. The van der Waals surface area contributed by atoms with Gasteiger partial charge in [-0.3, -0.25) is 4.79 Å². The number of carbonyl (C=O) groups is 1. The van der Waals surface area contributed by atoms with Crippen molar-refractivity contribution in [1.29, 1.82) is 0 Å². The van der Waals surface area contributed by atoms with E-state index >= 15 is 0 Å². The van der Waals surface area contributed by atoms with Gasteiger partial charge in [0, 0.05) is 6.26 Å². The predicted molar refractivity (Wildman–Crippen MR) is 80.0 cm³/mol. The van der Waals surface area contributed by atoms with E-state index < -0.39 is 15.9 Å². The molecule has 5 nitrogen and oxygen atoms in total. The van der Waals surface area contributed by atoms with Crippen LogP contribution in [0.1, 0.15) is 28.4 Å². The molecular formula is C16H14O5S. The van der Waals surface area contributed by atoms with Crippen molar-refractivity contribution in [1.82, 2.24) is 0 Å². The SMILES string of the molecule is CS(=O)(=O)c1ccc(C2CC(=O)c3cc(O)ccc3O2)cc1. The zero-order valence-corrected chi connectivity index (χ0v) is 12.6. The molecule has 6 heteroatoms. The third kappa shape index (κ3) is 2.69. The molecule has 0 aliphatic carbocycles. The van der Waals surface area contributed by atoms with Gasteiger partial charge in [-0.05, 0) is 35.9 Å². The Balaban J connectivity index is 1.91. The number of ether oxygens (including phenoxy) is 1. The Labute approximate surface area is 128 Å².